The molecule has 0 saturated carbocycles. The van der Waals surface area contributed by atoms with Crippen LogP contribution >= 0.6 is 0 Å². The first-order valence-corrected chi connectivity index (χ1v) is 20.3. The van der Waals surface area contributed by atoms with E-state index in [4.69, 9.17) is 13.9 Å². The van der Waals surface area contributed by atoms with Gasteiger partial charge in [-0.3, -0.25) is 4.90 Å². The zero-order valence-corrected chi connectivity index (χ0v) is 35.5. The van der Waals surface area contributed by atoms with Crippen molar-refractivity contribution < 1.29 is 13.9 Å². The average molecular weight is 743 g/mol. The van der Waals surface area contributed by atoms with Gasteiger partial charge in [-0.25, -0.2) is 0 Å². The largest absolute Gasteiger partial charge is 0.486 e. The molecule has 0 aliphatic carbocycles. The summed E-state index contributed by atoms with van der Waals surface area (Å²) in [5.74, 6) is 2.46. The number of rotatable bonds is 2. The summed E-state index contributed by atoms with van der Waals surface area (Å²) >= 11 is 0. The van der Waals surface area contributed by atoms with Crippen molar-refractivity contribution in [3.05, 3.63) is 112 Å². The summed E-state index contributed by atoms with van der Waals surface area (Å²) in [6.07, 6.45) is 0. The van der Waals surface area contributed by atoms with Crippen molar-refractivity contribution in [2.24, 2.45) is 0 Å². The highest BCUT2D eigenvalue weighted by atomic mass is 16.6. The highest BCUT2D eigenvalue weighted by molar-refractivity contribution is 7.01. The van der Waals surface area contributed by atoms with E-state index in [0.717, 1.165) is 39.7 Å². The summed E-state index contributed by atoms with van der Waals surface area (Å²) in [4.78, 5) is 4.94. The minimum atomic E-state index is -0.116. The maximum atomic E-state index is 7.16. The quantitative estimate of drug-likeness (QED) is 0.165. The van der Waals surface area contributed by atoms with Gasteiger partial charge in [-0.2, -0.15) is 0 Å². The van der Waals surface area contributed by atoms with Crippen LogP contribution in [0.5, 0.6) is 11.5 Å². The fraction of sp³-hybridized carbons (Fsp3) is 0.360. The number of ether oxygens (including phenoxy) is 2. The van der Waals surface area contributed by atoms with Crippen LogP contribution in [0.25, 0.3) is 11.0 Å². The number of hydrogen-bond acceptors (Lipinski definition) is 5. The van der Waals surface area contributed by atoms with Gasteiger partial charge < -0.3 is 18.8 Å². The summed E-state index contributed by atoms with van der Waals surface area (Å²) in [6, 6.07) is 27.6. The van der Waals surface area contributed by atoms with E-state index in [-0.39, 0.29) is 23.0 Å². The highest BCUT2D eigenvalue weighted by Gasteiger charge is 2.47. The molecule has 6 aromatic rings. The summed E-state index contributed by atoms with van der Waals surface area (Å²) < 4.78 is 19.9. The van der Waals surface area contributed by atoms with E-state index in [1.165, 1.54) is 72.4 Å². The van der Waals surface area contributed by atoms with Crippen molar-refractivity contribution in [1.82, 2.24) is 0 Å². The molecule has 0 N–H and O–H groups in total. The minimum Gasteiger partial charge on any atom is -0.486 e. The van der Waals surface area contributed by atoms with Gasteiger partial charge in [0.25, 0.3) is 6.71 Å². The van der Waals surface area contributed by atoms with Gasteiger partial charge in [0.05, 0.1) is 11.4 Å². The fourth-order valence-electron chi connectivity index (χ4n) is 9.40. The van der Waals surface area contributed by atoms with Crippen molar-refractivity contribution in [1.29, 1.82) is 0 Å². The summed E-state index contributed by atoms with van der Waals surface area (Å²) in [5.41, 5.74) is 19.2. The normalized spacial score (nSPS) is 14.9. The minimum absolute atomic E-state index is 0.0221. The van der Waals surface area contributed by atoms with E-state index < -0.39 is 0 Å². The van der Waals surface area contributed by atoms with E-state index in [9.17, 15) is 0 Å². The summed E-state index contributed by atoms with van der Waals surface area (Å²) in [5, 5.41) is 1.15. The molecule has 0 amide bonds. The van der Waals surface area contributed by atoms with Gasteiger partial charge in [-0.1, -0.05) is 98.7 Å². The molecular weight excluding hydrogens is 687 g/mol. The van der Waals surface area contributed by atoms with Gasteiger partial charge in [0, 0.05) is 34.0 Å². The zero-order valence-electron chi connectivity index (χ0n) is 35.5. The second-order valence-corrected chi connectivity index (χ2v) is 19.6. The molecule has 0 unspecified atom stereocenters. The Morgan fingerprint density at radius 3 is 1.55 bits per heavy atom. The molecule has 1 aromatic heterocycles. The number of aryl methyl sites for hydroxylation is 4. The van der Waals surface area contributed by atoms with E-state index in [1.807, 2.05) is 0 Å². The van der Waals surface area contributed by atoms with Crippen LogP contribution in [-0.2, 0) is 16.2 Å². The number of anilines is 6. The lowest BCUT2D eigenvalue weighted by molar-refractivity contribution is 0.172. The van der Waals surface area contributed by atoms with Gasteiger partial charge >= 0.3 is 0 Å². The maximum absolute atomic E-state index is 7.16. The summed E-state index contributed by atoms with van der Waals surface area (Å²) in [6.45, 7) is 30.6. The second-order valence-electron chi connectivity index (χ2n) is 19.6. The van der Waals surface area contributed by atoms with E-state index >= 15 is 0 Å². The molecule has 5 nitrogen and oxygen atoms in total. The highest BCUT2D eigenvalue weighted by Crippen LogP contribution is 2.50. The van der Waals surface area contributed by atoms with Crippen molar-refractivity contribution >= 4 is 68.4 Å². The molecule has 286 valence electrons. The third kappa shape index (κ3) is 5.50. The lowest BCUT2D eigenvalue weighted by atomic mass is 9.33. The fourth-order valence-corrected chi connectivity index (χ4v) is 9.40. The standard InChI is InChI=1S/C50H55BN2O3/c1-28-21-33(49(8,9)10)22-29(2)45(28)52-37-15-14-16-38-44(37)51(36-26-41-42(27-39(36)52)55-20-19-54-41)43-35-25-32(48(5,6)7)17-18-40(35)56-47(43)53(38)46-30(3)23-34(24-31(46)4)50(11,12)13/h14-18,21-27H,19-20H2,1-13H3. The molecule has 0 radical (unpaired) electrons. The van der Waals surface area contributed by atoms with Gasteiger partial charge in [0.15, 0.2) is 11.5 Å². The number of hydrogen-bond donors (Lipinski definition) is 0. The van der Waals surface area contributed by atoms with Crippen molar-refractivity contribution in [3.63, 3.8) is 0 Å². The monoisotopic (exact) mass is 742 g/mol. The molecule has 5 aromatic carbocycles. The molecule has 0 spiro atoms. The molecule has 56 heavy (non-hydrogen) atoms. The lowest BCUT2D eigenvalue weighted by Gasteiger charge is -2.44. The average Bonchev–Trinajstić information content (AvgIpc) is 3.49. The third-order valence-electron chi connectivity index (χ3n) is 12.3. The van der Waals surface area contributed by atoms with Crippen molar-refractivity contribution in [2.45, 2.75) is 106 Å². The molecular formula is C50H55BN2O3. The predicted molar refractivity (Wildman–Crippen MR) is 236 cm³/mol. The first-order chi connectivity index (χ1) is 26.3. The molecule has 0 bridgehead atoms. The van der Waals surface area contributed by atoms with Crippen molar-refractivity contribution in [3.8, 4) is 11.5 Å². The molecule has 9 rings (SSSR count). The number of benzene rings is 5. The predicted octanol–water partition coefficient (Wildman–Crippen LogP) is 11.4. The van der Waals surface area contributed by atoms with E-state index in [1.54, 1.807) is 0 Å². The SMILES string of the molecule is Cc1cc(C(C)(C)C)cc(C)c1N1c2cc3c(cc2B2c4c1cccc4N(c1c(C)cc(C(C)(C)C)cc1C)c1oc4ccc(C(C)(C)C)cc4c12)OCCO3. The maximum Gasteiger partial charge on any atom is 0.257 e. The Morgan fingerprint density at radius 2 is 1.02 bits per heavy atom. The third-order valence-corrected chi connectivity index (χ3v) is 12.3. The number of furan rings is 1. The topological polar surface area (TPSA) is 38.1 Å². The van der Waals surface area contributed by atoms with Gasteiger partial charge in [0.1, 0.15) is 18.8 Å². The Bertz CT molecular complexity index is 2570. The van der Waals surface area contributed by atoms with Crippen LogP contribution in [0.2, 0.25) is 0 Å². The Hall–Kier alpha value is -5.10. The number of nitrogens with zero attached hydrogens (tertiary/aromatic N) is 2. The Morgan fingerprint density at radius 1 is 0.518 bits per heavy atom. The Balaban J connectivity index is 1.41. The molecule has 0 atom stereocenters. The van der Waals surface area contributed by atoms with Crippen LogP contribution in [0.1, 0.15) is 101 Å². The zero-order chi connectivity index (χ0) is 39.8. The lowest BCUT2D eigenvalue weighted by Crippen LogP contribution is -2.61. The van der Waals surface area contributed by atoms with Crippen LogP contribution in [0.3, 0.4) is 0 Å². The van der Waals surface area contributed by atoms with Gasteiger partial charge in [-0.15, -0.1) is 0 Å². The molecule has 3 aliphatic rings. The Kier molecular flexibility index (Phi) is 7.96. The van der Waals surface area contributed by atoms with Crippen LogP contribution in [-0.4, -0.2) is 19.9 Å². The second kappa shape index (κ2) is 12.2. The molecule has 0 fully saturated rings. The van der Waals surface area contributed by atoms with E-state index in [2.05, 4.69) is 173 Å². The van der Waals surface area contributed by atoms with E-state index in [0.29, 0.717) is 13.2 Å². The van der Waals surface area contributed by atoms with Gasteiger partial charge in [0.2, 0.25) is 5.88 Å². The molecule has 0 saturated heterocycles. The van der Waals surface area contributed by atoms with Crippen LogP contribution in [0.4, 0.5) is 34.3 Å². The first-order valence-electron chi connectivity index (χ1n) is 20.3. The molecule has 4 heterocycles. The molecule has 3 aliphatic heterocycles. The number of fused-ring (bicyclic) bond motifs is 7. The van der Waals surface area contributed by atoms with Crippen LogP contribution < -0.4 is 35.7 Å². The van der Waals surface area contributed by atoms with Crippen LogP contribution in [0, 0.1) is 27.7 Å². The molecule has 6 heteroatoms. The summed E-state index contributed by atoms with van der Waals surface area (Å²) in [7, 11) is 0. The Labute approximate surface area is 333 Å². The van der Waals surface area contributed by atoms with Crippen LogP contribution in [0.15, 0.2) is 77.2 Å². The van der Waals surface area contributed by atoms with Crippen molar-refractivity contribution in [2.75, 3.05) is 23.0 Å². The smallest absolute Gasteiger partial charge is 0.257 e. The first kappa shape index (κ1) is 36.5. The van der Waals surface area contributed by atoms with Gasteiger partial charge in [-0.05, 0) is 124 Å².